The third-order valence-electron chi connectivity index (χ3n) is 2.79. The van der Waals surface area contributed by atoms with E-state index in [0.717, 1.165) is 22.7 Å². The molecule has 1 aromatic rings. The molecule has 0 amide bonds. The number of fused-ring (bicyclic) bond motifs is 1. The molecule has 0 fully saturated rings. The Morgan fingerprint density at radius 1 is 1.41 bits per heavy atom. The molecule has 1 aliphatic heterocycles. The lowest BCUT2D eigenvalue weighted by Gasteiger charge is -2.24. The van der Waals surface area contributed by atoms with E-state index < -0.39 is 0 Å². The molecule has 0 spiro atoms. The fourth-order valence-electron chi connectivity index (χ4n) is 1.55. The lowest BCUT2D eigenvalue weighted by Crippen LogP contribution is -2.27. The van der Waals surface area contributed by atoms with Crippen molar-refractivity contribution in [1.29, 1.82) is 0 Å². The second-order valence-corrected chi connectivity index (χ2v) is 5.07. The first-order valence-corrected chi connectivity index (χ1v) is 6.51. The number of halogens is 1. The van der Waals surface area contributed by atoms with Gasteiger partial charge in [-0.15, -0.1) is 0 Å². The Kier molecular flexibility index (Phi) is 3.83. The Morgan fingerprint density at radius 2 is 2.18 bits per heavy atom. The Morgan fingerprint density at radius 3 is 2.88 bits per heavy atom. The molecule has 0 saturated heterocycles. The van der Waals surface area contributed by atoms with Crippen molar-refractivity contribution in [2.75, 3.05) is 25.1 Å². The van der Waals surface area contributed by atoms with Crippen LogP contribution in [0, 0.1) is 0 Å². The van der Waals surface area contributed by atoms with Gasteiger partial charge in [0.1, 0.15) is 16.9 Å². The summed E-state index contributed by atoms with van der Waals surface area (Å²) < 4.78 is 6.35. The molecule has 0 aliphatic carbocycles. The number of ether oxygens (including phenoxy) is 1. The van der Waals surface area contributed by atoms with Crippen LogP contribution in [0.4, 0.5) is 5.82 Å². The SMILES string of the molecule is CC(C)N(C)c1nc2c(nc1Br)CNCCO2. The van der Waals surface area contributed by atoms with Crippen molar-refractivity contribution >= 4 is 21.7 Å². The molecule has 6 heteroatoms. The van der Waals surface area contributed by atoms with Crippen molar-refractivity contribution in [3.05, 3.63) is 10.3 Å². The number of rotatable bonds is 2. The summed E-state index contributed by atoms with van der Waals surface area (Å²) in [6.07, 6.45) is 0. The van der Waals surface area contributed by atoms with E-state index in [4.69, 9.17) is 4.74 Å². The Balaban J connectivity index is 2.38. The zero-order valence-electron chi connectivity index (χ0n) is 10.3. The van der Waals surface area contributed by atoms with E-state index in [1.807, 2.05) is 7.05 Å². The van der Waals surface area contributed by atoms with Crippen LogP contribution in [0.25, 0.3) is 0 Å². The van der Waals surface area contributed by atoms with Crippen molar-refractivity contribution < 1.29 is 4.74 Å². The average Bonchev–Trinajstić information content (AvgIpc) is 2.51. The molecule has 2 rings (SSSR count). The fraction of sp³-hybridized carbons (Fsp3) is 0.636. The first-order chi connectivity index (χ1) is 8.09. The van der Waals surface area contributed by atoms with Crippen LogP contribution in [-0.4, -0.2) is 36.2 Å². The van der Waals surface area contributed by atoms with Crippen LogP contribution in [-0.2, 0) is 6.54 Å². The highest BCUT2D eigenvalue weighted by Crippen LogP contribution is 2.28. The minimum Gasteiger partial charge on any atom is -0.475 e. The van der Waals surface area contributed by atoms with Gasteiger partial charge in [0.25, 0.3) is 0 Å². The van der Waals surface area contributed by atoms with E-state index in [1.54, 1.807) is 0 Å². The van der Waals surface area contributed by atoms with Crippen LogP contribution >= 0.6 is 15.9 Å². The minimum absolute atomic E-state index is 0.363. The zero-order chi connectivity index (χ0) is 12.4. The van der Waals surface area contributed by atoms with Gasteiger partial charge in [-0.1, -0.05) is 0 Å². The van der Waals surface area contributed by atoms with Gasteiger partial charge in [-0.3, -0.25) is 0 Å². The maximum absolute atomic E-state index is 5.59. The highest BCUT2D eigenvalue weighted by atomic mass is 79.9. The molecular formula is C11H17BrN4O. The van der Waals surface area contributed by atoms with Gasteiger partial charge in [-0.05, 0) is 29.8 Å². The molecular weight excluding hydrogens is 284 g/mol. The second kappa shape index (κ2) is 5.18. The van der Waals surface area contributed by atoms with Crippen LogP contribution < -0.4 is 15.0 Å². The highest BCUT2D eigenvalue weighted by molar-refractivity contribution is 9.10. The zero-order valence-corrected chi connectivity index (χ0v) is 11.9. The van der Waals surface area contributed by atoms with Gasteiger partial charge in [0.05, 0.1) is 0 Å². The van der Waals surface area contributed by atoms with Crippen LogP contribution in [0.5, 0.6) is 5.88 Å². The summed E-state index contributed by atoms with van der Waals surface area (Å²) in [6, 6.07) is 0.363. The fourth-order valence-corrected chi connectivity index (χ4v) is 2.13. The monoisotopic (exact) mass is 300 g/mol. The van der Waals surface area contributed by atoms with Crippen molar-refractivity contribution in [2.45, 2.75) is 26.4 Å². The predicted molar refractivity (Wildman–Crippen MR) is 70.5 cm³/mol. The quantitative estimate of drug-likeness (QED) is 0.898. The van der Waals surface area contributed by atoms with Gasteiger partial charge in [0.2, 0.25) is 5.88 Å². The molecule has 0 aromatic carbocycles. The smallest absolute Gasteiger partial charge is 0.239 e. The maximum Gasteiger partial charge on any atom is 0.239 e. The summed E-state index contributed by atoms with van der Waals surface area (Å²) in [4.78, 5) is 11.1. The summed E-state index contributed by atoms with van der Waals surface area (Å²) in [7, 11) is 2.00. The lowest BCUT2D eigenvalue weighted by molar-refractivity contribution is 0.313. The van der Waals surface area contributed by atoms with Crippen molar-refractivity contribution in [2.24, 2.45) is 0 Å². The van der Waals surface area contributed by atoms with Crippen LogP contribution in [0.15, 0.2) is 4.60 Å². The van der Waals surface area contributed by atoms with Crippen LogP contribution in [0.2, 0.25) is 0 Å². The predicted octanol–water partition coefficient (Wildman–Crippen LogP) is 1.57. The lowest BCUT2D eigenvalue weighted by atomic mass is 10.3. The Hall–Kier alpha value is -0.880. The number of hydrogen-bond acceptors (Lipinski definition) is 5. The van der Waals surface area contributed by atoms with E-state index in [1.165, 1.54) is 0 Å². The molecule has 0 radical (unpaired) electrons. The molecule has 1 aromatic heterocycles. The summed E-state index contributed by atoms with van der Waals surface area (Å²) in [5.41, 5.74) is 0.857. The van der Waals surface area contributed by atoms with Gasteiger partial charge < -0.3 is 15.0 Å². The Labute approximate surface area is 110 Å². The normalized spacial score (nSPS) is 15.1. The molecule has 0 bridgehead atoms. The summed E-state index contributed by atoms with van der Waals surface area (Å²) in [5.74, 6) is 1.46. The molecule has 0 unspecified atom stereocenters. The number of nitrogens with zero attached hydrogens (tertiary/aromatic N) is 3. The topological polar surface area (TPSA) is 50.3 Å². The number of nitrogens with one attached hydrogen (secondary N) is 1. The van der Waals surface area contributed by atoms with E-state index in [-0.39, 0.29) is 0 Å². The summed E-state index contributed by atoms with van der Waals surface area (Å²) in [5, 5.41) is 3.24. The highest BCUT2D eigenvalue weighted by Gasteiger charge is 2.18. The van der Waals surface area contributed by atoms with E-state index >= 15 is 0 Å². The molecule has 94 valence electrons. The maximum atomic E-state index is 5.59. The summed E-state index contributed by atoms with van der Waals surface area (Å²) >= 11 is 3.47. The van der Waals surface area contributed by atoms with Crippen LogP contribution in [0.1, 0.15) is 19.5 Å². The largest absolute Gasteiger partial charge is 0.475 e. The first kappa shape index (κ1) is 12.6. The first-order valence-electron chi connectivity index (χ1n) is 5.72. The van der Waals surface area contributed by atoms with Gasteiger partial charge in [-0.2, -0.15) is 4.98 Å². The summed E-state index contributed by atoms with van der Waals surface area (Å²) in [6.45, 7) is 6.39. The molecule has 0 saturated carbocycles. The third kappa shape index (κ3) is 2.69. The number of aromatic nitrogens is 2. The van der Waals surface area contributed by atoms with Gasteiger partial charge >= 0.3 is 0 Å². The Bertz CT molecular complexity index is 411. The van der Waals surface area contributed by atoms with Crippen molar-refractivity contribution in [3.8, 4) is 5.88 Å². The molecule has 1 aliphatic rings. The average molecular weight is 301 g/mol. The van der Waals surface area contributed by atoms with Gasteiger partial charge in [-0.25, -0.2) is 4.98 Å². The third-order valence-corrected chi connectivity index (χ3v) is 3.32. The standard InChI is InChI=1S/C11H17BrN4O/c1-7(2)16(3)10-9(12)14-8-6-13-4-5-17-11(8)15-10/h7,13H,4-6H2,1-3H3. The van der Waals surface area contributed by atoms with Gasteiger partial charge in [0, 0.05) is 26.2 Å². The molecule has 5 nitrogen and oxygen atoms in total. The molecule has 0 atom stereocenters. The van der Waals surface area contributed by atoms with E-state index in [0.29, 0.717) is 25.1 Å². The number of hydrogen-bond donors (Lipinski definition) is 1. The molecule has 1 N–H and O–H groups in total. The molecule has 17 heavy (non-hydrogen) atoms. The number of anilines is 1. The van der Waals surface area contributed by atoms with Crippen molar-refractivity contribution in [3.63, 3.8) is 0 Å². The minimum atomic E-state index is 0.363. The van der Waals surface area contributed by atoms with Gasteiger partial charge in [0.15, 0.2) is 5.82 Å². The van der Waals surface area contributed by atoms with E-state index in [2.05, 4.69) is 50.0 Å². The van der Waals surface area contributed by atoms with E-state index in [9.17, 15) is 0 Å². The molecule has 2 heterocycles. The van der Waals surface area contributed by atoms with Crippen LogP contribution in [0.3, 0.4) is 0 Å². The second-order valence-electron chi connectivity index (χ2n) is 4.32. The van der Waals surface area contributed by atoms with Crippen molar-refractivity contribution in [1.82, 2.24) is 15.3 Å².